The van der Waals surface area contributed by atoms with Gasteiger partial charge in [-0.25, -0.2) is 13.8 Å². The lowest BCUT2D eigenvalue weighted by molar-refractivity contribution is -0.119. The molecule has 3 aromatic carbocycles. The Kier molecular flexibility index (Phi) is 9.27. The fraction of sp³-hybridized carbons (Fsp3) is 0.226. The van der Waals surface area contributed by atoms with Gasteiger partial charge in [-0.3, -0.25) is 9.10 Å². The molecule has 4 rings (SSSR count). The van der Waals surface area contributed by atoms with Crippen molar-refractivity contribution in [2.75, 3.05) is 10.8 Å². The van der Waals surface area contributed by atoms with E-state index in [-0.39, 0.29) is 10.8 Å². The van der Waals surface area contributed by atoms with Gasteiger partial charge in [0.25, 0.3) is 15.9 Å². The molecule has 0 saturated carbocycles. The molecule has 0 aliphatic rings. The molecule has 0 spiro atoms. The number of nitrogens with zero attached hydrogens (tertiary/aromatic N) is 3. The summed E-state index contributed by atoms with van der Waals surface area (Å²) in [5, 5.41) is 5.23. The highest BCUT2D eigenvalue weighted by molar-refractivity contribution is 7.92. The van der Waals surface area contributed by atoms with Crippen molar-refractivity contribution in [1.29, 1.82) is 0 Å². The molecule has 214 valence electrons. The zero-order valence-electron chi connectivity index (χ0n) is 23.5. The maximum absolute atomic E-state index is 13.6. The van der Waals surface area contributed by atoms with Gasteiger partial charge < -0.3 is 4.57 Å². The molecule has 0 unspecified atom stereocenters. The number of rotatable bonds is 9. The first-order valence-corrected chi connectivity index (χ1v) is 15.2. The quantitative estimate of drug-likeness (QED) is 0.161. The third kappa shape index (κ3) is 6.84. The lowest BCUT2D eigenvalue weighted by Gasteiger charge is -2.24. The average Bonchev–Trinajstić information content (AvgIpc) is 3.21. The summed E-state index contributed by atoms with van der Waals surface area (Å²) >= 11 is 12.6. The van der Waals surface area contributed by atoms with E-state index in [4.69, 9.17) is 23.2 Å². The number of sulfonamides is 1. The minimum Gasteiger partial charge on any atom is -0.316 e. The van der Waals surface area contributed by atoms with Gasteiger partial charge in [0.2, 0.25) is 0 Å². The first-order chi connectivity index (χ1) is 19.4. The lowest BCUT2D eigenvalue weighted by atomic mass is 10.0. The Balaban J connectivity index is 1.58. The van der Waals surface area contributed by atoms with Crippen LogP contribution in [0.3, 0.4) is 0 Å². The number of carbonyl (C=O) groups excluding carboxylic acids is 1. The second kappa shape index (κ2) is 12.5. The van der Waals surface area contributed by atoms with Crippen LogP contribution in [0.5, 0.6) is 0 Å². The fourth-order valence-electron chi connectivity index (χ4n) is 4.46. The summed E-state index contributed by atoms with van der Waals surface area (Å²) in [7, 11) is -4.03. The molecule has 0 aliphatic heterocycles. The van der Waals surface area contributed by atoms with E-state index in [0.717, 1.165) is 38.1 Å². The van der Waals surface area contributed by atoms with Crippen molar-refractivity contribution in [3.63, 3.8) is 0 Å². The molecule has 41 heavy (non-hydrogen) atoms. The van der Waals surface area contributed by atoms with Crippen LogP contribution < -0.4 is 9.73 Å². The van der Waals surface area contributed by atoms with E-state index < -0.39 is 22.5 Å². The first-order valence-electron chi connectivity index (χ1n) is 13.0. The molecule has 0 saturated heterocycles. The van der Waals surface area contributed by atoms with Crippen molar-refractivity contribution in [3.8, 4) is 5.69 Å². The van der Waals surface area contributed by atoms with Crippen LogP contribution in [0.15, 0.2) is 82.8 Å². The van der Waals surface area contributed by atoms with Crippen molar-refractivity contribution in [2.24, 2.45) is 5.10 Å². The van der Waals surface area contributed by atoms with Gasteiger partial charge in [0.15, 0.2) is 0 Å². The Labute approximate surface area is 251 Å². The number of carbonyl (C=O) groups is 1. The summed E-state index contributed by atoms with van der Waals surface area (Å²) in [5.74, 6) is -0.308. The van der Waals surface area contributed by atoms with E-state index in [1.54, 1.807) is 42.5 Å². The van der Waals surface area contributed by atoms with Crippen LogP contribution in [0.2, 0.25) is 10.0 Å². The number of halogens is 2. The normalized spacial score (nSPS) is 11.8. The number of hydrazone groups is 1. The Morgan fingerprint density at radius 2 is 1.63 bits per heavy atom. The third-order valence-corrected chi connectivity index (χ3v) is 9.10. The van der Waals surface area contributed by atoms with Gasteiger partial charge in [-0.05, 0) is 80.8 Å². The van der Waals surface area contributed by atoms with Gasteiger partial charge in [-0.2, -0.15) is 5.10 Å². The number of hydrogen-bond acceptors (Lipinski definition) is 4. The molecule has 0 aliphatic carbocycles. The summed E-state index contributed by atoms with van der Waals surface area (Å²) in [6.07, 6.45) is 1.52. The highest BCUT2D eigenvalue weighted by atomic mass is 35.5. The SMILES string of the molecule is Cc1ccc(S(=O)(=O)N(CC(=O)N/N=C\c2cc(C)n(-c3cc(Cl)ccc3Cl)c2C)c2ccc(C(C)C)cc2)cc1. The lowest BCUT2D eigenvalue weighted by Crippen LogP contribution is -2.39. The zero-order chi connectivity index (χ0) is 29.9. The highest BCUT2D eigenvalue weighted by Crippen LogP contribution is 2.29. The van der Waals surface area contributed by atoms with Gasteiger partial charge in [0.1, 0.15) is 6.54 Å². The van der Waals surface area contributed by atoms with E-state index >= 15 is 0 Å². The maximum atomic E-state index is 13.6. The van der Waals surface area contributed by atoms with Gasteiger partial charge in [-0.15, -0.1) is 0 Å². The Morgan fingerprint density at radius 1 is 0.976 bits per heavy atom. The third-order valence-electron chi connectivity index (χ3n) is 6.76. The van der Waals surface area contributed by atoms with Crippen molar-refractivity contribution >= 4 is 51.0 Å². The fourth-order valence-corrected chi connectivity index (χ4v) is 6.25. The van der Waals surface area contributed by atoms with E-state index in [9.17, 15) is 13.2 Å². The smallest absolute Gasteiger partial charge is 0.264 e. The van der Waals surface area contributed by atoms with Crippen molar-refractivity contribution in [1.82, 2.24) is 9.99 Å². The summed E-state index contributed by atoms with van der Waals surface area (Å²) in [6.45, 7) is 9.38. The molecule has 1 aromatic heterocycles. The number of nitrogens with one attached hydrogen (secondary N) is 1. The van der Waals surface area contributed by atoms with Crippen LogP contribution in [-0.2, 0) is 14.8 Å². The minimum atomic E-state index is -4.03. The molecule has 0 atom stereocenters. The maximum Gasteiger partial charge on any atom is 0.264 e. The molecule has 1 N–H and O–H groups in total. The van der Waals surface area contributed by atoms with Gasteiger partial charge in [0, 0.05) is 22.0 Å². The number of aromatic nitrogens is 1. The molecule has 10 heteroatoms. The van der Waals surface area contributed by atoms with Crippen LogP contribution in [0.1, 0.15) is 47.8 Å². The summed E-state index contributed by atoms with van der Waals surface area (Å²) < 4.78 is 30.3. The van der Waals surface area contributed by atoms with Gasteiger partial charge >= 0.3 is 0 Å². The van der Waals surface area contributed by atoms with E-state index in [0.29, 0.717) is 15.7 Å². The first kappa shape index (κ1) is 30.4. The van der Waals surface area contributed by atoms with Crippen LogP contribution in [0.25, 0.3) is 5.69 Å². The predicted molar refractivity (Wildman–Crippen MR) is 167 cm³/mol. The highest BCUT2D eigenvalue weighted by Gasteiger charge is 2.27. The van der Waals surface area contributed by atoms with E-state index in [2.05, 4.69) is 24.4 Å². The molecule has 4 aromatic rings. The molecular weight excluding hydrogens is 579 g/mol. The van der Waals surface area contributed by atoms with Crippen LogP contribution in [0.4, 0.5) is 5.69 Å². The van der Waals surface area contributed by atoms with Crippen LogP contribution in [0, 0.1) is 20.8 Å². The average molecular weight is 612 g/mol. The van der Waals surface area contributed by atoms with Gasteiger partial charge in [0.05, 0.1) is 27.5 Å². The number of anilines is 1. The second-order valence-electron chi connectivity index (χ2n) is 10.1. The molecule has 1 amide bonds. The number of amides is 1. The second-order valence-corrected chi connectivity index (χ2v) is 12.8. The Hall–Kier alpha value is -3.59. The Morgan fingerprint density at radius 3 is 2.27 bits per heavy atom. The minimum absolute atomic E-state index is 0.0967. The Bertz CT molecular complexity index is 1690. The molecule has 1 heterocycles. The largest absolute Gasteiger partial charge is 0.316 e. The molecule has 7 nitrogen and oxygen atoms in total. The molecule has 0 bridgehead atoms. The van der Waals surface area contributed by atoms with Crippen molar-refractivity contribution < 1.29 is 13.2 Å². The topological polar surface area (TPSA) is 83.8 Å². The summed E-state index contributed by atoms with van der Waals surface area (Å²) in [4.78, 5) is 13.1. The number of aryl methyl sites for hydroxylation is 2. The predicted octanol–water partition coefficient (Wildman–Crippen LogP) is 7.18. The zero-order valence-corrected chi connectivity index (χ0v) is 25.8. The molecular formula is C31H32Cl2N4O3S. The van der Waals surface area contributed by atoms with E-state index in [1.165, 1.54) is 18.3 Å². The molecule has 0 radical (unpaired) electrons. The van der Waals surface area contributed by atoms with Crippen LogP contribution in [-0.4, -0.2) is 31.7 Å². The standard InChI is InChI=1S/C31H32Cl2N4O3S/c1-20(2)24-8-11-27(12-9-24)36(41(39,40)28-13-6-21(3)7-14-28)19-31(38)35-34-18-25-16-22(4)37(23(25)5)30-17-26(32)10-15-29(30)33/h6-18,20H,19H2,1-5H3,(H,35,38)/b34-18-. The van der Waals surface area contributed by atoms with Crippen molar-refractivity contribution in [3.05, 3.63) is 111 Å². The monoisotopic (exact) mass is 610 g/mol. The molecule has 0 fully saturated rings. The number of benzene rings is 3. The summed E-state index contributed by atoms with van der Waals surface area (Å²) in [5.41, 5.74) is 8.10. The van der Waals surface area contributed by atoms with Crippen molar-refractivity contribution in [2.45, 2.75) is 45.4 Å². The van der Waals surface area contributed by atoms with Gasteiger partial charge in [-0.1, -0.05) is 66.9 Å². The van der Waals surface area contributed by atoms with Crippen LogP contribution >= 0.6 is 23.2 Å². The van der Waals surface area contributed by atoms with E-state index in [1.807, 2.05) is 43.5 Å². The number of hydrogen-bond donors (Lipinski definition) is 1. The summed E-state index contributed by atoms with van der Waals surface area (Å²) in [6, 6.07) is 20.9.